The molecule has 0 heterocycles. The van der Waals surface area contributed by atoms with E-state index in [1.807, 2.05) is 0 Å². The highest BCUT2D eigenvalue weighted by molar-refractivity contribution is 6.74. The van der Waals surface area contributed by atoms with E-state index in [1.165, 1.54) is 12.2 Å². The third kappa shape index (κ3) is 7.03. The van der Waals surface area contributed by atoms with Gasteiger partial charge in [-0.15, -0.1) is 0 Å². The number of hydrogen-bond acceptors (Lipinski definition) is 2. The monoisotopic (exact) mass is 360 g/mol. The maximum Gasteiger partial charge on any atom is 0.193 e. The van der Waals surface area contributed by atoms with E-state index in [1.54, 1.807) is 0 Å². The molecule has 0 aromatic rings. The van der Waals surface area contributed by atoms with Crippen LogP contribution in [0.25, 0.3) is 0 Å². The molecule has 0 radical (unpaired) electrons. The largest absolute Gasteiger partial charge is 0.414 e. The van der Waals surface area contributed by atoms with Crippen molar-refractivity contribution in [2.24, 2.45) is 0 Å². The van der Waals surface area contributed by atoms with Crippen molar-refractivity contribution in [3.63, 3.8) is 0 Å². The molecule has 5 heteroatoms. The van der Waals surface area contributed by atoms with Crippen molar-refractivity contribution in [3.05, 3.63) is 24.6 Å². The highest BCUT2D eigenvalue weighted by Gasteiger charge is 2.41. The Balaban J connectivity index is 5.24. The Hall–Kier alpha value is -0.236. The van der Waals surface area contributed by atoms with Crippen LogP contribution in [0.5, 0.6) is 0 Å². The van der Waals surface area contributed by atoms with Gasteiger partial charge in [-0.2, -0.15) is 0 Å². The van der Waals surface area contributed by atoms with Crippen molar-refractivity contribution < 1.29 is 13.2 Å². The molecule has 0 unspecified atom stereocenters. The first kappa shape index (κ1) is 22.8. The molecule has 0 saturated heterocycles. The Kier molecular flexibility index (Phi) is 7.68. The molecule has 0 aliphatic rings. The van der Waals surface area contributed by atoms with E-state index in [2.05, 4.69) is 74.3 Å². The van der Waals surface area contributed by atoms with Gasteiger partial charge in [0.15, 0.2) is 16.6 Å². The number of rotatable bonds is 7. The van der Waals surface area contributed by atoms with Crippen LogP contribution in [0.2, 0.25) is 36.3 Å². The Bertz CT molecular complexity index is 429. The lowest BCUT2D eigenvalue weighted by Gasteiger charge is -2.41. The molecule has 0 aromatic heterocycles. The molecule has 1 atom stereocenters. The van der Waals surface area contributed by atoms with Crippen LogP contribution in [0.15, 0.2) is 24.6 Å². The van der Waals surface area contributed by atoms with E-state index in [0.717, 1.165) is 0 Å². The minimum atomic E-state index is -2.00. The summed E-state index contributed by atoms with van der Waals surface area (Å²) in [6.45, 7) is 25.8. The molecule has 136 valence electrons. The topological polar surface area (TPSA) is 18.5 Å². The van der Waals surface area contributed by atoms with Crippen LogP contribution < -0.4 is 0 Å². The van der Waals surface area contributed by atoms with Crippen LogP contribution in [0.3, 0.4) is 0 Å². The van der Waals surface area contributed by atoms with Gasteiger partial charge in [0.25, 0.3) is 0 Å². The highest BCUT2D eigenvalue weighted by Crippen LogP contribution is 2.39. The SMILES string of the molecule is C=C/C(F)=C/[C@H](CO[Si](C)(C)C(C)(C)C)O[Si](C)(C)C(C)(C)C. The number of allylic oxidation sites excluding steroid dienone is 2. The smallest absolute Gasteiger partial charge is 0.193 e. The van der Waals surface area contributed by atoms with Crippen molar-refractivity contribution in [2.75, 3.05) is 6.61 Å². The Labute approximate surface area is 145 Å². The number of hydrogen-bond donors (Lipinski definition) is 0. The highest BCUT2D eigenvalue weighted by atomic mass is 28.4. The standard InChI is InChI=1S/C18H37FO2Si2/c1-12-15(19)13-16(21-23(10,11)18(5,6)7)14-20-22(8,9)17(2,3)4/h12-13,16H,1,14H2,2-11H3/b15-13-/t16-/m1/s1. The molecule has 0 bridgehead atoms. The van der Waals surface area contributed by atoms with Crippen LogP contribution in [0.1, 0.15) is 41.5 Å². The molecule has 0 amide bonds. The quantitative estimate of drug-likeness (QED) is 0.384. The molecule has 2 nitrogen and oxygen atoms in total. The molecule has 0 fully saturated rings. The summed E-state index contributed by atoms with van der Waals surface area (Å²) in [6.07, 6.45) is 2.35. The molecule has 0 aromatic carbocycles. The van der Waals surface area contributed by atoms with Gasteiger partial charge in [0.2, 0.25) is 0 Å². The fourth-order valence-corrected chi connectivity index (χ4v) is 3.68. The van der Waals surface area contributed by atoms with E-state index in [9.17, 15) is 4.39 Å². The molecule has 0 aliphatic carbocycles. The van der Waals surface area contributed by atoms with Gasteiger partial charge < -0.3 is 8.85 Å². The Morgan fingerprint density at radius 2 is 1.43 bits per heavy atom. The van der Waals surface area contributed by atoms with Gasteiger partial charge in [-0.25, -0.2) is 4.39 Å². The lowest BCUT2D eigenvalue weighted by Crippen LogP contribution is -2.47. The minimum absolute atomic E-state index is 0.0702. The predicted octanol–water partition coefficient (Wildman–Crippen LogP) is 6.44. The lowest BCUT2D eigenvalue weighted by molar-refractivity contribution is 0.139. The summed E-state index contributed by atoms with van der Waals surface area (Å²) in [5.41, 5.74) is 0. The van der Waals surface area contributed by atoms with E-state index < -0.39 is 16.6 Å². The van der Waals surface area contributed by atoms with Crippen LogP contribution in [0.4, 0.5) is 4.39 Å². The summed E-state index contributed by atoms with van der Waals surface area (Å²) in [7, 11) is -3.89. The van der Waals surface area contributed by atoms with Crippen LogP contribution >= 0.6 is 0 Å². The summed E-state index contributed by atoms with van der Waals surface area (Å²) in [5.74, 6) is -0.354. The van der Waals surface area contributed by atoms with Gasteiger partial charge in [-0.05, 0) is 48.4 Å². The molecular formula is C18H37FO2Si2. The molecule has 0 N–H and O–H groups in total. The van der Waals surface area contributed by atoms with Crippen molar-refractivity contribution in [2.45, 2.75) is 83.9 Å². The van der Waals surface area contributed by atoms with Crippen LogP contribution in [-0.4, -0.2) is 29.3 Å². The van der Waals surface area contributed by atoms with Crippen LogP contribution in [-0.2, 0) is 8.85 Å². The summed E-state index contributed by atoms with van der Waals surface area (Å²) in [6, 6.07) is 0. The first-order valence-corrected chi connectivity index (χ1v) is 14.2. The van der Waals surface area contributed by atoms with Gasteiger partial charge in [0.05, 0.1) is 12.7 Å². The van der Waals surface area contributed by atoms with Crippen molar-refractivity contribution in [1.82, 2.24) is 0 Å². The summed E-state index contributed by atoms with van der Waals surface area (Å²) < 4.78 is 26.3. The fourth-order valence-electron chi connectivity index (χ4n) is 1.42. The molecular weight excluding hydrogens is 323 g/mol. The van der Waals surface area contributed by atoms with Gasteiger partial charge in [-0.3, -0.25) is 0 Å². The molecule has 0 aliphatic heterocycles. The summed E-state index contributed by atoms with van der Waals surface area (Å²) >= 11 is 0. The zero-order valence-electron chi connectivity index (χ0n) is 16.8. The van der Waals surface area contributed by atoms with Crippen molar-refractivity contribution in [3.8, 4) is 0 Å². The second kappa shape index (κ2) is 7.76. The van der Waals surface area contributed by atoms with Crippen molar-refractivity contribution in [1.29, 1.82) is 0 Å². The maximum absolute atomic E-state index is 13.7. The lowest BCUT2D eigenvalue weighted by atomic mass is 10.2. The normalized spacial score (nSPS) is 16.4. The van der Waals surface area contributed by atoms with Gasteiger partial charge >= 0.3 is 0 Å². The van der Waals surface area contributed by atoms with E-state index in [0.29, 0.717) is 6.61 Å². The Morgan fingerprint density at radius 1 is 1.00 bits per heavy atom. The van der Waals surface area contributed by atoms with Crippen LogP contribution in [0, 0.1) is 0 Å². The molecule has 0 spiro atoms. The summed E-state index contributed by atoms with van der Waals surface area (Å²) in [5, 5.41) is 0.190. The third-order valence-electron chi connectivity index (χ3n) is 5.21. The fraction of sp³-hybridized carbons (Fsp3) is 0.778. The zero-order valence-corrected chi connectivity index (χ0v) is 18.8. The molecule has 23 heavy (non-hydrogen) atoms. The van der Waals surface area contributed by atoms with E-state index in [4.69, 9.17) is 8.85 Å². The van der Waals surface area contributed by atoms with Crippen molar-refractivity contribution >= 4 is 16.6 Å². The predicted molar refractivity (Wildman–Crippen MR) is 105 cm³/mol. The van der Waals surface area contributed by atoms with Gasteiger partial charge in [-0.1, -0.05) is 48.1 Å². The zero-order chi connectivity index (χ0) is 18.7. The second-order valence-corrected chi connectivity index (χ2v) is 18.8. The van der Waals surface area contributed by atoms with Gasteiger partial charge in [0.1, 0.15) is 5.83 Å². The van der Waals surface area contributed by atoms with E-state index in [-0.39, 0.29) is 22.0 Å². The number of halogens is 1. The average Bonchev–Trinajstić information content (AvgIpc) is 2.32. The third-order valence-corrected chi connectivity index (χ3v) is 14.2. The molecule has 0 rings (SSSR count). The maximum atomic E-state index is 13.7. The first-order valence-electron chi connectivity index (χ1n) is 8.35. The minimum Gasteiger partial charge on any atom is -0.414 e. The van der Waals surface area contributed by atoms with E-state index >= 15 is 0 Å². The van der Waals surface area contributed by atoms with Gasteiger partial charge in [0, 0.05) is 0 Å². The average molecular weight is 361 g/mol. The Morgan fingerprint density at radius 3 is 1.78 bits per heavy atom. The first-order chi connectivity index (χ1) is 10.0. The molecule has 0 saturated carbocycles. The second-order valence-electron chi connectivity index (χ2n) is 9.24. The summed E-state index contributed by atoms with van der Waals surface area (Å²) in [4.78, 5) is 0.